The highest BCUT2D eigenvalue weighted by atomic mass is 35.5. The summed E-state index contributed by atoms with van der Waals surface area (Å²) in [6, 6.07) is 1.12. The van der Waals surface area contributed by atoms with E-state index in [1.54, 1.807) is 0 Å². The number of nitrogens with two attached hydrogens (primary N) is 1. The van der Waals surface area contributed by atoms with Crippen molar-refractivity contribution in [1.82, 2.24) is 0 Å². The molecule has 0 aliphatic heterocycles. The van der Waals surface area contributed by atoms with Gasteiger partial charge in [0.1, 0.15) is 11.6 Å². The van der Waals surface area contributed by atoms with Gasteiger partial charge in [0.15, 0.2) is 0 Å². The molecule has 0 amide bonds. The van der Waals surface area contributed by atoms with E-state index < -0.39 is 29.3 Å². The second-order valence-electron chi connectivity index (χ2n) is 3.09. The Balaban J connectivity index is 3.20. The van der Waals surface area contributed by atoms with E-state index in [2.05, 4.69) is 0 Å². The molecule has 5 heteroatoms. The average Bonchev–Trinajstić information content (AvgIpc) is 2.01. The van der Waals surface area contributed by atoms with Crippen LogP contribution >= 0.6 is 11.6 Å². The second kappa shape index (κ2) is 4.21. The molecule has 0 spiro atoms. The van der Waals surface area contributed by atoms with Gasteiger partial charge < -0.3 is 10.8 Å². The van der Waals surface area contributed by atoms with Gasteiger partial charge in [-0.1, -0.05) is 11.6 Å². The van der Waals surface area contributed by atoms with Crippen molar-refractivity contribution in [2.75, 3.05) is 0 Å². The molecule has 1 rings (SSSR count). The van der Waals surface area contributed by atoms with Crippen LogP contribution in [0.5, 0.6) is 0 Å². The van der Waals surface area contributed by atoms with Crippen LogP contribution in [0.1, 0.15) is 18.6 Å². The number of hydrogen-bond acceptors (Lipinski definition) is 2. The summed E-state index contributed by atoms with van der Waals surface area (Å²) in [6.45, 7) is 1.46. The van der Waals surface area contributed by atoms with Crippen molar-refractivity contribution >= 4 is 11.6 Å². The van der Waals surface area contributed by atoms with Crippen molar-refractivity contribution in [3.05, 3.63) is 34.4 Å². The van der Waals surface area contributed by atoms with Crippen LogP contribution in [0.3, 0.4) is 0 Å². The third-order valence-electron chi connectivity index (χ3n) is 1.84. The number of rotatable bonds is 2. The highest BCUT2D eigenvalue weighted by Crippen LogP contribution is 2.25. The van der Waals surface area contributed by atoms with Gasteiger partial charge in [0.05, 0.1) is 11.7 Å². The number of aliphatic hydroxyl groups excluding tert-OH is 1. The Morgan fingerprint density at radius 1 is 1.36 bits per heavy atom. The first-order chi connectivity index (χ1) is 6.43. The van der Waals surface area contributed by atoms with Gasteiger partial charge in [0, 0.05) is 11.1 Å². The zero-order chi connectivity index (χ0) is 10.9. The average molecular weight is 222 g/mol. The minimum atomic E-state index is -1.37. The minimum Gasteiger partial charge on any atom is -0.387 e. The van der Waals surface area contributed by atoms with Crippen LogP contribution in [0.25, 0.3) is 0 Å². The molecule has 2 nitrogen and oxygen atoms in total. The van der Waals surface area contributed by atoms with E-state index in [9.17, 15) is 13.9 Å². The largest absolute Gasteiger partial charge is 0.387 e. The van der Waals surface area contributed by atoms with E-state index in [4.69, 9.17) is 17.3 Å². The lowest BCUT2D eigenvalue weighted by atomic mass is 10.0. The van der Waals surface area contributed by atoms with Gasteiger partial charge in [-0.25, -0.2) is 8.78 Å². The molecule has 1 aromatic carbocycles. The van der Waals surface area contributed by atoms with Crippen molar-refractivity contribution in [3.63, 3.8) is 0 Å². The lowest BCUT2D eigenvalue weighted by Crippen LogP contribution is -2.26. The highest BCUT2D eigenvalue weighted by molar-refractivity contribution is 6.30. The van der Waals surface area contributed by atoms with Gasteiger partial charge in [-0.3, -0.25) is 0 Å². The minimum absolute atomic E-state index is 0.0550. The molecule has 0 aromatic heterocycles. The normalized spacial score (nSPS) is 15.3. The molecule has 3 N–H and O–H groups in total. The highest BCUT2D eigenvalue weighted by Gasteiger charge is 2.21. The van der Waals surface area contributed by atoms with Crippen molar-refractivity contribution < 1.29 is 13.9 Å². The number of halogens is 3. The summed E-state index contributed by atoms with van der Waals surface area (Å²) in [5.74, 6) is -1.78. The third kappa shape index (κ3) is 2.20. The molecule has 14 heavy (non-hydrogen) atoms. The van der Waals surface area contributed by atoms with Gasteiger partial charge in [-0.05, 0) is 19.1 Å². The molecule has 0 saturated heterocycles. The van der Waals surface area contributed by atoms with Gasteiger partial charge in [0.25, 0.3) is 0 Å². The lowest BCUT2D eigenvalue weighted by molar-refractivity contribution is 0.144. The Morgan fingerprint density at radius 2 is 1.79 bits per heavy atom. The summed E-state index contributed by atoms with van der Waals surface area (Å²) in [5, 5.41) is 9.35. The zero-order valence-electron chi connectivity index (χ0n) is 7.47. The molecule has 0 radical (unpaired) electrons. The predicted molar refractivity (Wildman–Crippen MR) is 50.0 cm³/mol. The summed E-state index contributed by atoms with van der Waals surface area (Å²) in [7, 11) is 0. The van der Waals surface area contributed by atoms with Gasteiger partial charge in [-0.15, -0.1) is 0 Å². The monoisotopic (exact) mass is 221 g/mol. The lowest BCUT2D eigenvalue weighted by Gasteiger charge is -2.16. The number of aliphatic hydroxyl groups is 1. The summed E-state index contributed by atoms with van der Waals surface area (Å²) >= 11 is 5.41. The quantitative estimate of drug-likeness (QED) is 0.803. The maximum Gasteiger partial charge on any atom is 0.133 e. The van der Waals surface area contributed by atoms with E-state index in [1.807, 2.05) is 0 Å². The van der Waals surface area contributed by atoms with Crippen LogP contribution in [0, 0.1) is 11.6 Å². The van der Waals surface area contributed by atoms with Crippen LogP contribution in [-0.4, -0.2) is 11.1 Å². The summed E-state index contributed by atoms with van der Waals surface area (Å²) in [6.07, 6.45) is -1.37. The molecule has 0 saturated carbocycles. The van der Waals surface area contributed by atoms with Gasteiger partial charge in [-0.2, -0.15) is 0 Å². The van der Waals surface area contributed by atoms with E-state index in [0.29, 0.717) is 0 Å². The summed E-state index contributed by atoms with van der Waals surface area (Å²) < 4.78 is 26.4. The van der Waals surface area contributed by atoms with E-state index in [1.165, 1.54) is 6.92 Å². The standard InChI is InChI=1S/C9H10ClF2NO/c1-4(13)9(14)8-6(11)2-5(10)3-7(8)12/h2-4,9,14H,13H2,1H3. The fourth-order valence-electron chi connectivity index (χ4n) is 1.10. The van der Waals surface area contributed by atoms with Gasteiger partial charge >= 0.3 is 0 Å². The van der Waals surface area contributed by atoms with Gasteiger partial charge in [0.2, 0.25) is 0 Å². The molecular formula is C9H10ClF2NO. The fourth-order valence-corrected chi connectivity index (χ4v) is 1.29. The first-order valence-corrected chi connectivity index (χ1v) is 4.39. The maximum absolute atomic E-state index is 13.2. The Kier molecular flexibility index (Phi) is 3.42. The molecule has 0 aliphatic rings. The fraction of sp³-hybridized carbons (Fsp3) is 0.333. The Morgan fingerprint density at radius 3 is 2.14 bits per heavy atom. The van der Waals surface area contributed by atoms with Crippen molar-refractivity contribution in [2.45, 2.75) is 19.1 Å². The topological polar surface area (TPSA) is 46.2 Å². The number of hydrogen-bond donors (Lipinski definition) is 2. The smallest absolute Gasteiger partial charge is 0.133 e. The third-order valence-corrected chi connectivity index (χ3v) is 2.06. The molecule has 0 heterocycles. The Bertz CT molecular complexity index is 321. The molecule has 0 bridgehead atoms. The van der Waals surface area contributed by atoms with Crippen LogP contribution in [-0.2, 0) is 0 Å². The molecule has 0 fully saturated rings. The molecule has 0 aliphatic carbocycles. The predicted octanol–water partition coefficient (Wildman–Crippen LogP) is 2.00. The van der Waals surface area contributed by atoms with Crippen molar-refractivity contribution in [1.29, 1.82) is 0 Å². The van der Waals surface area contributed by atoms with Crippen molar-refractivity contribution in [3.8, 4) is 0 Å². The SMILES string of the molecule is CC(N)C(O)c1c(F)cc(Cl)cc1F. The van der Waals surface area contributed by atoms with Crippen LogP contribution in [0.2, 0.25) is 5.02 Å². The maximum atomic E-state index is 13.2. The molecule has 1 aromatic rings. The summed E-state index contributed by atoms with van der Waals surface area (Å²) in [4.78, 5) is 0. The van der Waals surface area contributed by atoms with E-state index in [0.717, 1.165) is 12.1 Å². The van der Waals surface area contributed by atoms with Crippen LogP contribution in [0.4, 0.5) is 8.78 Å². The second-order valence-corrected chi connectivity index (χ2v) is 3.52. The van der Waals surface area contributed by atoms with Crippen LogP contribution in [0.15, 0.2) is 12.1 Å². The zero-order valence-corrected chi connectivity index (χ0v) is 8.22. The first-order valence-electron chi connectivity index (χ1n) is 4.01. The van der Waals surface area contributed by atoms with E-state index >= 15 is 0 Å². The van der Waals surface area contributed by atoms with Crippen LogP contribution < -0.4 is 5.73 Å². The van der Waals surface area contributed by atoms with E-state index in [-0.39, 0.29) is 5.02 Å². The molecular weight excluding hydrogens is 212 g/mol. The number of benzene rings is 1. The first kappa shape index (κ1) is 11.4. The molecule has 2 atom stereocenters. The van der Waals surface area contributed by atoms with Crippen molar-refractivity contribution in [2.24, 2.45) is 5.73 Å². The Hall–Kier alpha value is -0.710. The Labute approximate surface area is 85.3 Å². The summed E-state index contributed by atoms with van der Waals surface area (Å²) in [5.41, 5.74) is 4.89. The molecule has 2 unspecified atom stereocenters. The molecule has 78 valence electrons.